The summed E-state index contributed by atoms with van der Waals surface area (Å²) in [5.41, 5.74) is 2.47. The molecule has 0 aliphatic rings. The molecule has 0 aliphatic carbocycles. The summed E-state index contributed by atoms with van der Waals surface area (Å²) in [5, 5.41) is 3.87. The molecule has 0 aliphatic heterocycles. The number of nitrogens with zero attached hydrogens (tertiary/aromatic N) is 1. The molecule has 0 saturated heterocycles. The highest BCUT2D eigenvalue weighted by molar-refractivity contribution is 5.83. The molecule has 0 saturated carbocycles. The SMILES string of the molecule is Cc1[nH]c(=O)[nH]c(=O)c1CC(=O)N/N=C\c1cccc(OC(C)C)c1. The summed E-state index contributed by atoms with van der Waals surface area (Å²) >= 11 is 0. The third kappa shape index (κ3) is 5.45. The zero-order valence-corrected chi connectivity index (χ0v) is 14.3. The van der Waals surface area contributed by atoms with Crippen LogP contribution in [0.5, 0.6) is 5.75 Å². The topological polar surface area (TPSA) is 116 Å². The Morgan fingerprint density at radius 3 is 2.76 bits per heavy atom. The molecule has 0 unspecified atom stereocenters. The van der Waals surface area contributed by atoms with Gasteiger partial charge in [-0.25, -0.2) is 10.2 Å². The van der Waals surface area contributed by atoms with Gasteiger partial charge in [0.25, 0.3) is 5.56 Å². The third-order valence-corrected chi connectivity index (χ3v) is 3.22. The minimum absolute atomic E-state index is 0.0607. The first-order valence-corrected chi connectivity index (χ1v) is 7.76. The molecule has 1 heterocycles. The Kier molecular flexibility index (Phi) is 5.89. The van der Waals surface area contributed by atoms with Gasteiger partial charge in [-0.05, 0) is 38.5 Å². The second-order valence-electron chi connectivity index (χ2n) is 5.72. The highest BCUT2D eigenvalue weighted by Crippen LogP contribution is 2.13. The van der Waals surface area contributed by atoms with Crippen molar-refractivity contribution in [1.29, 1.82) is 0 Å². The smallest absolute Gasteiger partial charge is 0.325 e. The van der Waals surface area contributed by atoms with Crippen LogP contribution in [0.25, 0.3) is 0 Å². The van der Waals surface area contributed by atoms with Crippen molar-refractivity contribution >= 4 is 12.1 Å². The Bertz CT molecular complexity index is 896. The number of H-pyrrole nitrogens is 2. The number of amides is 1. The molecule has 132 valence electrons. The maximum absolute atomic E-state index is 11.9. The molecule has 2 rings (SSSR count). The number of rotatable bonds is 6. The lowest BCUT2D eigenvalue weighted by Gasteiger charge is -2.09. The van der Waals surface area contributed by atoms with Crippen LogP contribution in [0.2, 0.25) is 0 Å². The Morgan fingerprint density at radius 2 is 2.08 bits per heavy atom. The van der Waals surface area contributed by atoms with E-state index < -0.39 is 17.2 Å². The number of benzene rings is 1. The number of carbonyl (C=O) groups excluding carboxylic acids is 1. The summed E-state index contributed by atoms with van der Waals surface area (Å²) < 4.78 is 5.58. The normalized spacial score (nSPS) is 11.0. The molecule has 1 aromatic heterocycles. The number of hydrogen-bond acceptors (Lipinski definition) is 5. The number of ether oxygens (including phenoxy) is 1. The summed E-state index contributed by atoms with van der Waals surface area (Å²) in [5.74, 6) is 0.243. The minimum atomic E-state index is -0.604. The second-order valence-corrected chi connectivity index (χ2v) is 5.72. The maximum atomic E-state index is 11.9. The van der Waals surface area contributed by atoms with Crippen LogP contribution in [-0.4, -0.2) is 28.2 Å². The van der Waals surface area contributed by atoms with E-state index in [0.717, 1.165) is 5.56 Å². The second kappa shape index (κ2) is 8.09. The predicted octanol–water partition coefficient (Wildman–Crippen LogP) is 0.852. The van der Waals surface area contributed by atoms with Crippen LogP contribution >= 0.6 is 0 Å². The van der Waals surface area contributed by atoms with Gasteiger partial charge in [-0.3, -0.25) is 14.6 Å². The molecule has 0 fully saturated rings. The molecule has 1 amide bonds. The van der Waals surface area contributed by atoms with Crippen LogP contribution in [-0.2, 0) is 11.2 Å². The maximum Gasteiger partial charge on any atom is 0.325 e. The first kappa shape index (κ1) is 18.2. The fourth-order valence-electron chi connectivity index (χ4n) is 2.16. The Balaban J connectivity index is 1.99. The van der Waals surface area contributed by atoms with Crippen LogP contribution < -0.4 is 21.4 Å². The van der Waals surface area contributed by atoms with Crippen molar-refractivity contribution < 1.29 is 9.53 Å². The van der Waals surface area contributed by atoms with Gasteiger partial charge in [-0.2, -0.15) is 5.10 Å². The van der Waals surface area contributed by atoms with Gasteiger partial charge in [0.2, 0.25) is 5.91 Å². The lowest BCUT2D eigenvalue weighted by atomic mass is 10.1. The van der Waals surface area contributed by atoms with E-state index in [9.17, 15) is 14.4 Å². The van der Waals surface area contributed by atoms with E-state index in [0.29, 0.717) is 11.4 Å². The molecule has 2 aromatic rings. The summed E-state index contributed by atoms with van der Waals surface area (Å²) in [6.07, 6.45) is 1.35. The number of carbonyl (C=O) groups is 1. The van der Waals surface area contributed by atoms with E-state index in [1.165, 1.54) is 6.21 Å². The van der Waals surface area contributed by atoms with Crippen molar-refractivity contribution in [2.45, 2.75) is 33.3 Å². The number of aromatic amines is 2. The molecule has 1 aromatic carbocycles. The molecular formula is C17H20N4O4. The summed E-state index contributed by atoms with van der Waals surface area (Å²) in [6, 6.07) is 7.28. The first-order chi connectivity index (χ1) is 11.8. The zero-order chi connectivity index (χ0) is 18.4. The Morgan fingerprint density at radius 1 is 1.32 bits per heavy atom. The van der Waals surface area contributed by atoms with Crippen molar-refractivity contribution in [3.63, 3.8) is 0 Å². The Labute approximate surface area is 143 Å². The predicted molar refractivity (Wildman–Crippen MR) is 94.1 cm³/mol. The molecule has 0 spiro atoms. The quantitative estimate of drug-likeness (QED) is 0.532. The minimum Gasteiger partial charge on any atom is -0.491 e. The largest absolute Gasteiger partial charge is 0.491 e. The number of hydrogen-bond donors (Lipinski definition) is 3. The van der Waals surface area contributed by atoms with Gasteiger partial charge >= 0.3 is 5.69 Å². The summed E-state index contributed by atoms with van der Waals surface area (Å²) in [6.45, 7) is 5.42. The van der Waals surface area contributed by atoms with Gasteiger partial charge in [-0.15, -0.1) is 0 Å². The number of aromatic nitrogens is 2. The lowest BCUT2D eigenvalue weighted by molar-refractivity contribution is -0.120. The van der Waals surface area contributed by atoms with E-state index in [1.807, 2.05) is 32.0 Å². The van der Waals surface area contributed by atoms with Gasteiger partial charge in [0.1, 0.15) is 5.75 Å². The standard InChI is InChI=1S/C17H20N4O4/c1-10(2)25-13-6-4-5-12(7-13)9-18-21-15(22)8-14-11(3)19-17(24)20-16(14)23/h4-7,9-10H,8H2,1-3H3,(H,21,22)(H2,19,20,23,24)/b18-9-. The average molecular weight is 344 g/mol. The van der Waals surface area contributed by atoms with E-state index in [-0.39, 0.29) is 18.1 Å². The fourth-order valence-corrected chi connectivity index (χ4v) is 2.16. The summed E-state index contributed by atoms with van der Waals surface area (Å²) in [7, 11) is 0. The molecule has 0 radical (unpaired) electrons. The summed E-state index contributed by atoms with van der Waals surface area (Å²) in [4.78, 5) is 39.3. The number of hydrazone groups is 1. The monoisotopic (exact) mass is 344 g/mol. The van der Waals surface area contributed by atoms with Crippen molar-refractivity contribution in [3.05, 3.63) is 61.9 Å². The van der Waals surface area contributed by atoms with Gasteiger partial charge < -0.3 is 9.72 Å². The van der Waals surface area contributed by atoms with Crippen LogP contribution in [0.4, 0.5) is 0 Å². The molecular weight excluding hydrogens is 324 g/mol. The highest BCUT2D eigenvalue weighted by atomic mass is 16.5. The van der Waals surface area contributed by atoms with E-state index in [2.05, 4.69) is 20.5 Å². The lowest BCUT2D eigenvalue weighted by Crippen LogP contribution is -2.30. The highest BCUT2D eigenvalue weighted by Gasteiger charge is 2.10. The molecule has 0 bridgehead atoms. The fraction of sp³-hybridized carbons (Fsp3) is 0.294. The third-order valence-electron chi connectivity index (χ3n) is 3.22. The van der Waals surface area contributed by atoms with Crippen LogP contribution in [0.1, 0.15) is 30.7 Å². The van der Waals surface area contributed by atoms with Gasteiger partial charge in [0.05, 0.1) is 18.7 Å². The van der Waals surface area contributed by atoms with Crippen molar-refractivity contribution in [2.75, 3.05) is 0 Å². The van der Waals surface area contributed by atoms with E-state index >= 15 is 0 Å². The number of aryl methyl sites for hydroxylation is 1. The van der Waals surface area contributed by atoms with E-state index in [4.69, 9.17) is 4.74 Å². The first-order valence-electron chi connectivity index (χ1n) is 7.76. The van der Waals surface area contributed by atoms with Crippen molar-refractivity contribution in [1.82, 2.24) is 15.4 Å². The molecule has 8 nitrogen and oxygen atoms in total. The van der Waals surface area contributed by atoms with Crippen molar-refractivity contribution in [3.8, 4) is 5.75 Å². The molecule has 8 heteroatoms. The zero-order valence-electron chi connectivity index (χ0n) is 14.3. The van der Waals surface area contributed by atoms with Gasteiger partial charge in [0, 0.05) is 11.3 Å². The van der Waals surface area contributed by atoms with Crippen LogP contribution in [0, 0.1) is 6.92 Å². The van der Waals surface area contributed by atoms with Gasteiger partial charge in [-0.1, -0.05) is 12.1 Å². The van der Waals surface area contributed by atoms with Gasteiger partial charge in [0.15, 0.2) is 0 Å². The Hall–Kier alpha value is -3.16. The van der Waals surface area contributed by atoms with Crippen molar-refractivity contribution in [2.24, 2.45) is 5.10 Å². The average Bonchev–Trinajstić information content (AvgIpc) is 2.50. The van der Waals surface area contributed by atoms with Crippen LogP contribution in [0.15, 0.2) is 39.0 Å². The molecule has 3 N–H and O–H groups in total. The molecule has 0 atom stereocenters. The molecule has 25 heavy (non-hydrogen) atoms. The van der Waals surface area contributed by atoms with Crippen LogP contribution in [0.3, 0.4) is 0 Å². The van der Waals surface area contributed by atoms with E-state index in [1.54, 1.807) is 13.0 Å². The number of nitrogens with one attached hydrogen (secondary N) is 3.